The van der Waals surface area contributed by atoms with Crippen molar-refractivity contribution < 1.29 is 9.84 Å². The average Bonchev–Trinajstić information content (AvgIpc) is 2.69. The van der Waals surface area contributed by atoms with Gasteiger partial charge in [0, 0.05) is 5.56 Å². The van der Waals surface area contributed by atoms with E-state index >= 15 is 0 Å². The Kier molecular flexibility index (Phi) is 6.10. The van der Waals surface area contributed by atoms with Gasteiger partial charge in [-0.15, -0.1) is 0 Å². The van der Waals surface area contributed by atoms with Crippen LogP contribution in [0.25, 0.3) is 0 Å². The molecule has 0 radical (unpaired) electrons. The Bertz CT molecular complexity index is 429. The largest absolute Gasteiger partial charge is 0.493 e. The van der Waals surface area contributed by atoms with Crippen LogP contribution < -0.4 is 4.74 Å². The number of aliphatic hydroxyl groups is 1. The fourth-order valence-corrected chi connectivity index (χ4v) is 3.55. The molecule has 0 heterocycles. The molecule has 0 aliphatic heterocycles. The Hall–Kier alpha value is -1.02. The molecule has 0 aromatic heterocycles. The number of benzene rings is 1. The highest BCUT2D eigenvalue weighted by Gasteiger charge is 2.34. The molecule has 2 nitrogen and oxygen atoms in total. The van der Waals surface area contributed by atoms with Gasteiger partial charge in [0.25, 0.3) is 0 Å². The summed E-state index contributed by atoms with van der Waals surface area (Å²) < 4.78 is 5.86. The van der Waals surface area contributed by atoms with E-state index in [2.05, 4.69) is 13.8 Å². The lowest BCUT2D eigenvalue weighted by atomic mass is 9.85. The van der Waals surface area contributed by atoms with Gasteiger partial charge in [-0.25, -0.2) is 0 Å². The molecular weight excluding hydrogens is 260 g/mol. The van der Waals surface area contributed by atoms with Crippen molar-refractivity contribution >= 4 is 0 Å². The molecule has 1 fully saturated rings. The molecule has 1 saturated carbocycles. The van der Waals surface area contributed by atoms with E-state index in [1.807, 2.05) is 24.3 Å². The number of rotatable bonds is 6. The molecule has 0 spiro atoms. The molecule has 0 saturated heterocycles. The molecule has 118 valence electrons. The maximum absolute atomic E-state index is 11.2. The highest BCUT2D eigenvalue weighted by Crippen LogP contribution is 2.42. The van der Waals surface area contributed by atoms with Crippen molar-refractivity contribution in [3.8, 4) is 5.75 Å². The lowest BCUT2D eigenvalue weighted by molar-refractivity contribution is 0.0168. The van der Waals surface area contributed by atoms with Crippen LogP contribution in [0.1, 0.15) is 70.8 Å². The van der Waals surface area contributed by atoms with Crippen molar-refractivity contribution in [2.75, 3.05) is 6.61 Å². The second kappa shape index (κ2) is 7.84. The SMILES string of the molecule is CCCOc1ccccc1C1(O)CCCC(CCC)CC1. The normalized spacial score (nSPS) is 26.3. The minimum absolute atomic E-state index is 0.702. The Labute approximate surface area is 129 Å². The van der Waals surface area contributed by atoms with Gasteiger partial charge >= 0.3 is 0 Å². The zero-order valence-corrected chi connectivity index (χ0v) is 13.6. The van der Waals surface area contributed by atoms with Crippen LogP contribution in [0.4, 0.5) is 0 Å². The zero-order chi connectivity index (χ0) is 15.1. The summed E-state index contributed by atoms with van der Waals surface area (Å²) in [5.74, 6) is 1.66. The van der Waals surface area contributed by atoms with Crippen LogP contribution in [-0.2, 0) is 5.60 Å². The summed E-state index contributed by atoms with van der Waals surface area (Å²) in [7, 11) is 0. The van der Waals surface area contributed by atoms with Gasteiger partial charge in [-0.3, -0.25) is 0 Å². The number of hydrogen-bond acceptors (Lipinski definition) is 2. The molecule has 0 bridgehead atoms. The smallest absolute Gasteiger partial charge is 0.125 e. The van der Waals surface area contributed by atoms with Crippen LogP contribution >= 0.6 is 0 Å². The first-order valence-electron chi connectivity index (χ1n) is 8.64. The topological polar surface area (TPSA) is 29.5 Å². The fourth-order valence-electron chi connectivity index (χ4n) is 3.55. The maximum Gasteiger partial charge on any atom is 0.125 e. The predicted octanol–water partition coefficient (Wildman–Crippen LogP) is 5.04. The summed E-state index contributed by atoms with van der Waals surface area (Å²) in [5, 5.41) is 11.2. The second-order valence-electron chi connectivity index (χ2n) is 6.46. The van der Waals surface area contributed by atoms with E-state index < -0.39 is 5.60 Å². The molecule has 1 aromatic carbocycles. The molecule has 2 atom stereocenters. The summed E-state index contributed by atoms with van der Waals surface area (Å²) in [6, 6.07) is 8.05. The van der Waals surface area contributed by atoms with Crippen molar-refractivity contribution in [3.05, 3.63) is 29.8 Å². The van der Waals surface area contributed by atoms with Crippen LogP contribution in [0.3, 0.4) is 0 Å². The second-order valence-corrected chi connectivity index (χ2v) is 6.46. The molecule has 21 heavy (non-hydrogen) atoms. The maximum atomic E-state index is 11.2. The molecule has 2 rings (SSSR count). The van der Waals surface area contributed by atoms with Gasteiger partial charge < -0.3 is 9.84 Å². The van der Waals surface area contributed by atoms with Crippen LogP contribution in [0, 0.1) is 5.92 Å². The van der Waals surface area contributed by atoms with E-state index in [9.17, 15) is 5.11 Å². The Balaban J connectivity index is 2.15. The van der Waals surface area contributed by atoms with Crippen LogP contribution in [0.5, 0.6) is 5.75 Å². The average molecular weight is 290 g/mol. The minimum atomic E-state index is -0.702. The lowest BCUT2D eigenvalue weighted by Crippen LogP contribution is -2.25. The van der Waals surface area contributed by atoms with Crippen LogP contribution in [-0.4, -0.2) is 11.7 Å². The molecule has 1 aromatic rings. The minimum Gasteiger partial charge on any atom is -0.493 e. The van der Waals surface area contributed by atoms with Gasteiger partial charge in [0.1, 0.15) is 5.75 Å². The number of hydrogen-bond donors (Lipinski definition) is 1. The summed E-state index contributed by atoms with van der Waals surface area (Å²) in [4.78, 5) is 0. The summed E-state index contributed by atoms with van der Waals surface area (Å²) in [6.45, 7) is 5.08. The monoisotopic (exact) mass is 290 g/mol. The van der Waals surface area contributed by atoms with Crippen molar-refractivity contribution in [2.45, 2.75) is 70.8 Å². The molecule has 1 aliphatic rings. The first-order chi connectivity index (χ1) is 10.2. The molecule has 2 unspecified atom stereocenters. The molecule has 2 heteroatoms. The summed E-state index contributed by atoms with van der Waals surface area (Å²) >= 11 is 0. The van der Waals surface area contributed by atoms with Gasteiger partial charge in [-0.05, 0) is 44.1 Å². The molecule has 0 amide bonds. The van der Waals surface area contributed by atoms with Crippen LogP contribution in [0.15, 0.2) is 24.3 Å². The third-order valence-corrected chi connectivity index (χ3v) is 4.72. The zero-order valence-electron chi connectivity index (χ0n) is 13.6. The van der Waals surface area contributed by atoms with E-state index in [4.69, 9.17) is 4.74 Å². The van der Waals surface area contributed by atoms with Crippen molar-refractivity contribution in [1.82, 2.24) is 0 Å². The quantitative estimate of drug-likeness (QED) is 0.743. The first-order valence-corrected chi connectivity index (χ1v) is 8.64. The van der Waals surface area contributed by atoms with Gasteiger partial charge in [-0.1, -0.05) is 51.3 Å². The predicted molar refractivity (Wildman–Crippen MR) is 87.6 cm³/mol. The number of ether oxygens (including phenoxy) is 1. The highest BCUT2D eigenvalue weighted by atomic mass is 16.5. The molecular formula is C19H30O2. The summed E-state index contributed by atoms with van der Waals surface area (Å²) in [6.07, 6.45) is 8.77. The standard InChI is InChI=1S/C19H30O2/c1-3-8-16-9-7-13-19(20,14-12-16)17-10-5-6-11-18(17)21-15-4-2/h5-6,10-11,16,20H,3-4,7-9,12-15H2,1-2H3. The Morgan fingerprint density at radius 3 is 2.71 bits per heavy atom. The van der Waals surface area contributed by atoms with Gasteiger partial charge in [-0.2, -0.15) is 0 Å². The van der Waals surface area contributed by atoms with E-state index in [-0.39, 0.29) is 0 Å². The van der Waals surface area contributed by atoms with Gasteiger partial charge in [0.05, 0.1) is 12.2 Å². The van der Waals surface area contributed by atoms with Crippen molar-refractivity contribution in [1.29, 1.82) is 0 Å². The van der Waals surface area contributed by atoms with E-state index in [1.54, 1.807) is 0 Å². The van der Waals surface area contributed by atoms with Crippen LogP contribution in [0.2, 0.25) is 0 Å². The third-order valence-electron chi connectivity index (χ3n) is 4.72. The van der Waals surface area contributed by atoms with Gasteiger partial charge in [0.15, 0.2) is 0 Å². The van der Waals surface area contributed by atoms with Crippen molar-refractivity contribution in [2.24, 2.45) is 5.92 Å². The lowest BCUT2D eigenvalue weighted by Gasteiger charge is -2.29. The Morgan fingerprint density at radius 2 is 1.95 bits per heavy atom. The van der Waals surface area contributed by atoms with E-state index in [1.165, 1.54) is 19.3 Å². The van der Waals surface area contributed by atoms with E-state index in [0.717, 1.165) is 49.3 Å². The summed E-state index contributed by atoms with van der Waals surface area (Å²) in [5.41, 5.74) is 0.294. The highest BCUT2D eigenvalue weighted by molar-refractivity contribution is 5.38. The van der Waals surface area contributed by atoms with Gasteiger partial charge in [0.2, 0.25) is 0 Å². The first kappa shape index (κ1) is 16.4. The van der Waals surface area contributed by atoms with Crippen molar-refractivity contribution in [3.63, 3.8) is 0 Å². The third kappa shape index (κ3) is 4.23. The molecule has 1 aliphatic carbocycles. The molecule has 1 N–H and O–H groups in total. The Morgan fingerprint density at radius 1 is 1.14 bits per heavy atom. The fraction of sp³-hybridized carbons (Fsp3) is 0.684. The van der Waals surface area contributed by atoms with E-state index in [0.29, 0.717) is 6.61 Å². The number of para-hydroxylation sites is 1.